The van der Waals surface area contributed by atoms with Crippen molar-refractivity contribution in [1.82, 2.24) is 14.8 Å². The standard InChI is InChI=1S/C15H21ClN4O/c1-9(2)20-13-11(5-6-12(16)17-13)14(18-20)19-7-10(8-19)15(3,4)21/h5-6,9-10,21H,7-8H2,1-4H3. The summed E-state index contributed by atoms with van der Waals surface area (Å²) >= 11 is 6.02. The number of fused-ring (bicyclic) bond motifs is 1. The molecule has 0 saturated carbocycles. The van der Waals surface area contributed by atoms with Crippen LogP contribution in [0.2, 0.25) is 5.15 Å². The van der Waals surface area contributed by atoms with E-state index >= 15 is 0 Å². The molecule has 6 heteroatoms. The predicted molar refractivity (Wildman–Crippen MR) is 84.9 cm³/mol. The molecule has 0 aliphatic carbocycles. The van der Waals surface area contributed by atoms with E-state index < -0.39 is 5.60 Å². The second-order valence-electron chi connectivity index (χ2n) is 6.62. The molecule has 114 valence electrons. The SMILES string of the molecule is CC(C)n1nc(N2CC(C(C)(C)O)C2)c2ccc(Cl)nc21. The average molecular weight is 309 g/mol. The summed E-state index contributed by atoms with van der Waals surface area (Å²) in [6, 6.07) is 3.99. The smallest absolute Gasteiger partial charge is 0.161 e. The third-order valence-corrected chi connectivity index (χ3v) is 4.38. The Bertz CT molecular complexity index is 668. The van der Waals surface area contributed by atoms with Crippen molar-refractivity contribution in [2.75, 3.05) is 18.0 Å². The van der Waals surface area contributed by atoms with E-state index in [0.29, 0.717) is 5.15 Å². The van der Waals surface area contributed by atoms with Crippen LogP contribution in [0.15, 0.2) is 12.1 Å². The largest absolute Gasteiger partial charge is 0.390 e. The number of aliphatic hydroxyl groups is 1. The molecule has 0 aromatic carbocycles. The summed E-state index contributed by atoms with van der Waals surface area (Å²) in [5.41, 5.74) is 0.174. The van der Waals surface area contributed by atoms with E-state index in [-0.39, 0.29) is 12.0 Å². The van der Waals surface area contributed by atoms with Gasteiger partial charge in [0, 0.05) is 25.0 Å². The van der Waals surface area contributed by atoms with Gasteiger partial charge in [-0.15, -0.1) is 0 Å². The number of hydrogen-bond donors (Lipinski definition) is 1. The van der Waals surface area contributed by atoms with Crippen LogP contribution in [0.3, 0.4) is 0 Å². The van der Waals surface area contributed by atoms with Crippen molar-refractivity contribution in [3.05, 3.63) is 17.3 Å². The van der Waals surface area contributed by atoms with Crippen LogP contribution in [0.5, 0.6) is 0 Å². The maximum absolute atomic E-state index is 10.1. The molecule has 0 spiro atoms. The minimum absolute atomic E-state index is 0.221. The maximum Gasteiger partial charge on any atom is 0.161 e. The zero-order chi connectivity index (χ0) is 15.4. The Balaban J connectivity index is 1.97. The van der Waals surface area contributed by atoms with Crippen LogP contribution >= 0.6 is 11.6 Å². The number of rotatable bonds is 3. The highest BCUT2D eigenvalue weighted by atomic mass is 35.5. The Kier molecular flexibility index (Phi) is 3.37. The van der Waals surface area contributed by atoms with Gasteiger partial charge in [-0.25, -0.2) is 9.67 Å². The molecule has 0 atom stereocenters. The molecule has 2 aromatic rings. The lowest BCUT2D eigenvalue weighted by Gasteiger charge is -2.45. The molecule has 3 rings (SSSR count). The highest BCUT2D eigenvalue weighted by molar-refractivity contribution is 6.29. The summed E-state index contributed by atoms with van der Waals surface area (Å²) < 4.78 is 1.91. The van der Waals surface area contributed by atoms with Gasteiger partial charge < -0.3 is 10.0 Å². The Morgan fingerprint density at radius 2 is 2.00 bits per heavy atom. The second kappa shape index (κ2) is 4.85. The van der Waals surface area contributed by atoms with Crippen molar-refractivity contribution >= 4 is 28.5 Å². The van der Waals surface area contributed by atoms with Gasteiger partial charge in [-0.1, -0.05) is 11.6 Å². The van der Waals surface area contributed by atoms with E-state index in [2.05, 4.69) is 23.7 Å². The molecule has 1 N–H and O–H groups in total. The van der Waals surface area contributed by atoms with E-state index in [9.17, 15) is 5.11 Å². The molecular formula is C15H21ClN4O. The van der Waals surface area contributed by atoms with Gasteiger partial charge in [-0.05, 0) is 39.8 Å². The lowest BCUT2D eigenvalue weighted by Crippen LogP contribution is -2.56. The lowest BCUT2D eigenvalue weighted by atomic mass is 9.84. The van der Waals surface area contributed by atoms with Crippen molar-refractivity contribution < 1.29 is 5.11 Å². The zero-order valence-electron chi connectivity index (χ0n) is 12.8. The summed E-state index contributed by atoms with van der Waals surface area (Å²) in [5.74, 6) is 1.21. The minimum atomic E-state index is -0.644. The van der Waals surface area contributed by atoms with Gasteiger partial charge in [0.05, 0.1) is 11.0 Å². The Labute approximate surface area is 129 Å². The Morgan fingerprint density at radius 1 is 1.33 bits per heavy atom. The van der Waals surface area contributed by atoms with Gasteiger partial charge in [0.15, 0.2) is 11.5 Å². The van der Waals surface area contributed by atoms with Crippen molar-refractivity contribution in [3.8, 4) is 0 Å². The quantitative estimate of drug-likeness (QED) is 0.886. The van der Waals surface area contributed by atoms with Crippen molar-refractivity contribution in [3.63, 3.8) is 0 Å². The van der Waals surface area contributed by atoms with E-state index in [0.717, 1.165) is 29.9 Å². The molecule has 1 fully saturated rings. The van der Waals surface area contributed by atoms with Crippen LogP contribution in [0, 0.1) is 5.92 Å². The fourth-order valence-electron chi connectivity index (χ4n) is 2.67. The first-order valence-electron chi connectivity index (χ1n) is 7.29. The molecule has 0 radical (unpaired) electrons. The summed E-state index contributed by atoms with van der Waals surface area (Å²) in [7, 11) is 0. The lowest BCUT2D eigenvalue weighted by molar-refractivity contribution is 0.00441. The molecule has 0 amide bonds. The molecule has 0 unspecified atom stereocenters. The van der Waals surface area contributed by atoms with Crippen LogP contribution in [0.25, 0.3) is 11.0 Å². The van der Waals surface area contributed by atoms with Crippen molar-refractivity contribution in [1.29, 1.82) is 0 Å². The fourth-order valence-corrected chi connectivity index (χ4v) is 2.81. The van der Waals surface area contributed by atoms with Gasteiger partial charge in [0.25, 0.3) is 0 Å². The van der Waals surface area contributed by atoms with E-state index in [1.165, 1.54) is 0 Å². The molecule has 2 aromatic heterocycles. The van der Waals surface area contributed by atoms with Crippen molar-refractivity contribution in [2.24, 2.45) is 5.92 Å². The number of nitrogens with zero attached hydrogens (tertiary/aromatic N) is 4. The number of halogens is 1. The minimum Gasteiger partial charge on any atom is -0.390 e. The van der Waals surface area contributed by atoms with Crippen LogP contribution in [0.1, 0.15) is 33.7 Å². The van der Waals surface area contributed by atoms with Gasteiger partial charge in [-0.2, -0.15) is 5.10 Å². The number of pyridine rings is 1. The third kappa shape index (κ3) is 2.49. The average Bonchev–Trinajstić information content (AvgIpc) is 2.64. The molecule has 21 heavy (non-hydrogen) atoms. The van der Waals surface area contributed by atoms with Crippen LogP contribution < -0.4 is 4.90 Å². The molecule has 3 heterocycles. The number of anilines is 1. The van der Waals surface area contributed by atoms with Crippen LogP contribution in [-0.2, 0) is 0 Å². The van der Waals surface area contributed by atoms with Crippen molar-refractivity contribution in [2.45, 2.75) is 39.3 Å². The van der Waals surface area contributed by atoms with E-state index in [1.54, 1.807) is 6.07 Å². The highest BCUT2D eigenvalue weighted by Gasteiger charge is 2.39. The predicted octanol–water partition coefficient (Wildman–Crippen LogP) is 2.87. The molecule has 1 aliphatic heterocycles. The van der Waals surface area contributed by atoms with Gasteiger partial charge >= 0.3 is 0 Å². The topological polar surface area (TPSA) is 54.2 Å². The number of aromatic nitrogens is 3. The third-order valence-electron chi connectivity index (χ3n) is 4.17. The highest BCUT2D eigenvalue weighted by Crippen LogP contribution is 2.35. The first-order valence-corrected chi connectivity index (χ1v) is 7.67. The van der Waals surface area contributed by atoms with Gasteiger partial charge in [0.2, 0.25) is 0 Å². The Hall–Kier alpha value is -1.33. The van der Waals surface area contributed by atoms with Gasteiger partial charge in [0.1, 0.15) is 5.15 Å². The zero-order valence-corrected chi connectivity index (χ0v) is 13.6. The van der Waals surface area contributed by atoms with E-state index in [1.807, 2.05) is 24.6 Å². The normalized spacial score (nSPS) is 16.8. The summed E-state index contributed by atoms with van der Waals surface area (Å²) in [5, 5.41) is 16.3. The Morgan fingerprint density at radius 3 is 2.57 bits per heavy atom. The summed E-state index contributed by atoms with van der Waals surface area (Å²) in [6.07, 6.45) is 0. The summed E-state index contributed by atoms with van der Waals surface area (Å²) in [6.45, 7) is 9.51. The summed E-state index contributed by atoms with van der Waals surface area (Å²) in [4.78, 5) is 6.61. The molecule has 1 saturated heterocycles. The molecular weight excluding hydrogens is 288 g/mol. The van der Waals surface area contributed by atoms with E-state index in [4.69, 9.17) is 16.7 Å². The fraction of sp³-hybridized carbons (Fsp3) is 0.600. The molecule has 1 aliphatic rings. The monoisotopic (exact) mass is 308 g/mol. The van der Waals surface area contributed by atoms with Crippen LogP contribution in [-0.4, -0.2) is 38.6 Å². The van der Waals surface area contributed by atoms with Gasteiger partial charge in [-0.3, -0.25) is 0 Å². The maximum atomic E-state index is 10.1. The first-order chi connectivity index (χ1) is 9.77. The second-order valence-corrected chi connectivity index (χ2v) is 7.01. The molecule has 0 bridgehead atoms. The number of hydrogen-bond acceptors (Lipinski definition) is 4. The first kappa shape index (κ1) is 14.6. The van der Waals surface area contributed by atoms with Crippen LogP contribution in [0.4, 0.5) is 5.82 Å². The molecule has 5 nitrogen and oxygen atoms in total.